The number of rotatable bonds is 6. The molecule has 0 bridgehead atoms. The molecule has 2 amide bonds. The minimum atomic E-state index is -1.10. The van der Waals surface area contributed by atoms with Gasteiger partial charge in [0.2, 0.25) is 11.8 Å². The SMILES string of the molecule is Cc1ccccc1N(C(=O)Cc1cccs1)C(C(N)=O)c1cccc(F)c1. The molecule has 138 valence electrons. The molecule has 0 aliphatic heterocycles. The van der Waals surface area contributed by atoms with Crippen molar-refractivity contribution in [3.63, 3.8) is 0 Å². The lowest BCUT2D eigenvalue weighted by atomic mass is 10.0. The normalized spacial score (nSPS) is 11.8. The van der Waals surface area contributed by atoms with Gasteiger partial charge in [-0.1, -0.05) is 36.4 Å². The fourth-order valence-corrected chi connectivity index (χ4v) is 3.71. The van der Waals surface area contributed by atoms with Gasteiger partial charge in [-0.15, -0.1) is 11.3 Å². The van der Waals surface area contributed by atoms with Crippen LogP contribution >= 0.6 is 11.3 Å². The number of carbonyl (C=O) groups is 2. The summed E-state index contributed by atoms with van der Waals surface area (Å²) in [6.45, 7) is 1.85. The predicted molar refractivity (Wildman–Crippen MR) is 105 cm³/mol. The molecule has 4 nitrogen and oxygen atoms in total. The molecule has 1 atom stereocenters. The third-order valence-corrected chi connectivity index (χ3v) is 5.12. The molecule has 2 N–H and O–H groups in total. The number of hydrogen-bond acceptors (Lipinski definition) is 3. The number of thiophene rings is 1. The Hall–Kier alpha value is -2.99. The second-order valence-corrected chi connectivity index (χ2v) is 7.20. The van der Waals surface area contributed by atoms with Gasteiger partial charge >= 0.3 is 0 Å². The maximum Gasteiger partial charge on any atom is 0.245 e. The number of benzene rings is 2. The maximum atomic E-state index is 13.8. The molecule has 2 aromatic carbocycles. The maximum absolute atomic E-state index is 13.8. The molecule has 1 heterocycles. The summed E-state index contributed by atoms with van der Waals surface area (Å²) in [5.41, 5.74) is 7.40. The van der Waals surface area contributed by atoms with E-state index in [1.807, 2.05) is 36.6 Å². The summed E-state index contributed by atoms with van der Waals surface area (Å²) in [7, 11) is 0. The van der Waals surface area contributed by atoms with Crippen molar-refractivity contribution in [1.82, 2.24) is 0 Å². The van der Waals surface area contributed by atoms with Crippen LogP contribution in [0.25, 0.3) is 0 Å². The summed E-state index contributed by atoms with van der Waals surface area (Å²) in [6, 6.07) is 15.5. The first-order valence-electron chi connectivity index (χ1n) is 8.42. The Morgan fingerprint density at radius 2 is 1.89 bits per heavy atom. The van der Waals surface area contributed by atoms with Crippen LogP contribution in [0, 0.1) is 12.7 Å². The van der Waals surface area contributed by atoms with Crippen molar-refractivity contribution in [2.75, 3.05) is 4.90 Å². The quantitative estimate of drug-likeness (QED) is 0.700. The van der Waals surface area contributed by atoms with Gasteiger partial charge in [-0.05, 0) is 47.7 Å². The average molecular weight is 382 g/mol. The molecular formula is C21H19FN2O2S. The zero-order valence-electron chi connectivity index (χ0n) is 14.8. The van der Waals surface area contributed by atoms with Crippen molar-refractivity contribution in [3.05, 3.63) is 87.9 Å². The molecule has 0 aliphatic rings. The average Bonchev–Trinajstić information content (AvgIpc) is 3.13. The van der Waals surface area contributed by atoms with E-state index >= 15 is 0 Å². The van der Waals surface area contributed by atoms with Crippen molar-refractivity contribution in [2.45, 2.75) is 19.4 Å². The van der Waals surface area contributed by atoms with Gasteiger partial charge in [0.15, 0.2) is 0 Å². The van der Waals surface area contributed by atoms with E-state index in [4.69, 9.17) is 5.73 Å². The first kappa shape index (κ1) is 18.8. The minimum Gasteiger partial charge on any atom is -0.368 e. The number of amides is 2. The molecule has 1 aromatic heterocycles. The number of halogens is 1. The highest BCUT2D eigenvalue weighted by Gasteiger charge is 2.32. The highest BCUT2D eigenvalue weighted by molar-refractivity contribution is 7.10. The van der Waals surface area contributed by atoms with Crippen LogP contribution in [0.4, 0.5) is 10.1 Å². The van der Waals surface area contributed by atoms with Gasteiger partial charge in [-0.3, -0.25) is 14.5 Å². The van der Waals surface area contributed by atoms with Gasteiger partial charge in [-0.25, -0.2) is 4.39 Å². The Morgan fingerprint density at radius 1 is 1.11 bits per heavy atom. The second-order valence-electron chi connectivity index (χ2n) is 6.17. The Morgan fingerprint density at radius 3 is 2.52 bits per heavy atom. The highest BCUT2D eigenvalue weighted by atomic mass is 32.1. The van der Waals surface area contributed by atoms with Crippen LogP contribution in [-0.2, 0) is 16.0 Å². The van der Waals surface area contributed by atoms with Crippen LogP contribution in [-0.4, -0.2) is 11.8 Å². The lowest BCUT2D eigenvalue weighted by Crippen LogP contribution is -2.43. The summed E-state index contributed by atoms with van der Waals surface area (Å²) in [5.74, 6) is -1.49. The standard InChI is InChI=1S/C21H19FN2O2S/c1-14-6-2-3-10-18(14)24(19(25)13-17-9-5-11-27-17)20(21(23)26)15-7-4-8-16(22)12-15/h2-12,20H,13H2,1H3,(H2,23,26). The fourth-order valence-electron chi connectivity index (χ4n) is 3.02. The molecule has 0 aliphatic carbocycles. The fraction of sp³-hybridized carbons (Fsp3) is 0.143. The third-order valence-electron chi connectivity index (χ3n) is 4.24. The Kier molecular flexibility index (Phi) is 5.66. The number of carbonyl (C=O) groups excluding carboxylic acids is 2. The summed E-state index contributed by atoms with van der Waals surface area (Å²) < 4.78 is 13.8. The minimum absolute atomic E-state index is 0.130. The molecule has 0 fully saturated rings. The Balaban J connectivity index is 2.10. The number of primary amides is 1. The van der Waals surface area contributed by atoms with E-state index in [-0.39, 0.29) is 12.3 Å². The van der Waals surface area contributed by atoms with Crippen molar-refractivity contribution < 1.29 is 14.0 Å². The van der Waals surface area contributed by atoms with E-state index in [1.165, 1.54) is 34.4 Å². The lowest BCUT2D eigenvalue weighted by molar-refractivity contribution is -0.124. The molecule has 0 saturated carbocycles. The molecule has 27 heavy (non-hydrogen) atoms. The Labute approximate surface area is 161 Å². The van der Waals surface area contributed by atoms with E-state index in [9.17, 15) is 14.0 Å². The molecule has 3 aromatic rings. The lowest BCUT2D eigenvalue weighted by Gasteiger charge is -2.31. The van der Waals surface area contributed by atoms with Crippen LogP contribution in [0.5, 0.6) is 0 Å². The van der Waals surface area contributed by atoms with Gasteiger partial charge in [0.1, 0.15) is 11.9 Å². The van der Waals surface area contributed by atoms with Crippen molar-refractivity contribution in [2.24, 2.45) is 5.73 Å². The van der Waals surface area contributed by atoms with E-state index in [1.54, 1.807) is 18.2 Å². The summed E-state index contributed by atoms with van der Waals surface area (Å²) >= 11 is 1.46. The van der Waals surface area contributed by atoms with E-state index in [2.05, 4.69) is 0 Å². The third kappa shape index (κ3) is 4.23. The largest absolute Gasteiger partial charge is 0.368 e. The van der Waals surface area contributed by atoms with E-state index < -0.39 is 17.8 Å². The van der Waals surface area contributed by atoms with Crippen LogP contribution in [0.2, 0.25) is 0 Å². The van der Waals surface area contributed by atoms with Gasteiger partial charge in [-0.2, -0.15) is 0 Å². The zero-order chi connectivity index (χ0) is 19.4. The number of hydrogen-bond donors (Lipinski definition) is 1. The van der Waals surface area contributed by atoms with Crippen molar-refractivity contribution in [3.8, 4) is 0 Å². The summed E-state index contributed by atoms with van der Waals surface area (Å²) in [6.07, 6.45) is 0.130. The number of aryl methyl sites for hydroxylation is 1. The number of nitrogens with zero attached hydrogens (tertiary/aromatic N) is 1. The molecule has 1 unspecified atom stereocenters. The van der Waals surface area contributed by atoms with Crippen LogP contribution in [0.1, 0.15) is 22.0 Å². The van der Waals surface area contributed by atoms with Crippen molar-refractivity contribution in [1.29, 1.82) is 0 Å². The zero-order valence-corrected chi connectivity index (χ0v) is 15.6. The van der Waals surface area contributed by atoms with Crippen LogP contribution in [0.15, 0.2) is 66.0 Å². The molecule has 6 heteroatoms. The predicted octanol–water partition coefficient (Wildman–Crippen LogP) is 4.00. The molecule has 0 saturated heterocycles. The molecule has 3 rings (SSSR count). The van der Waals surface area contributed by atoms with Crippen LogP contribution < -0.4 is 10.6 Å². The first-order chi connectivity index (χ1) is 13.0. The van der Waals surface area contributed by atoms with E-state index in [0.29, 0.717) is 11.3 Å². The summed E-state index contributed by atoms with van der Waals surface area (Å²) in [4.78, 5) is 27.8. The number of nitrogens with two attached hydrogens (primary N) is 1. The van der Waals surface area contributed by atoms with Gasteiger partial charge in [0, 0.05) is 10.6 Å². The Bertz CT molecular complexity index is 956. The monoisotopic (exact) mass is 382 g/mol. The first-order valence-corrected chi connectivity index (χ1v) is 9.30. The topological polar surface area (TPSA) is 63.4 Å². The van der Waals surface area contributed by atoms with E-state index in [0.717, 1.165) is 10.4 Å². The van der Waals surface area contributed by atoms with Crippen molar-refractivity contribution >= 4 is 28.8 Å². The summed E-state index contributed by atoms with van der Waals surface area (Å²) in [5, 5.41) is 1.89. The second kappa shape index (κ2) is 8.14. The van der Waals surface area contributed by atoms with Gasteiger partial charge < -0.3 is 5.73 Å². The molecule has 0 radical (unpaired) electrons. The number of para-hydroxylation sites is 1. The smallest absolute Gasteiger partial charge is 0.245 e. The highest BCUT2D eigenvalue weighted by Crippen LogP contribution is 2.31. The molecular weight excluding hydrogens is 363 g/mol. The van der Waals surface area contributed by atoms with Gasteiger partial charge in [0.25, 0.3) is 0 Å². The molecule has 0 spiro atoms. The van der Waals surface area contributed by atoms with Gasteiger partial charge in [0.05, 0.1) is 6.42 Å². The number of anilines is 1. The van der Waals surface area contributed by atoms with Crippen LogP contribution in [0.3, 0.4) is 0 Å².